The van der Waals surface area contributed by atoms with E-state index in [-0.39, 0.29) is 12.4 Å². The van der Waals surface area contributed by atoms with Crippen molar-refractivity contribution in [1.29, 1.82) is 0 Å². The lowest BCUT2D eigenvalue weighted by Crippen LogP contribution is -2.36. The Labute approximate surface area is 118 Å². The fourth-order valence-electron chi connectivity index (χ4n) is 1.97. The van der Waals surface area contributed by atoms with Crippen LogP contribution in [0, 0.1) is 0 Å². The molecule has 1 unspecified atom stereocenters. The molecular formula is C13H12ClF3O3. The number of alkyl halides is 3. The lowest BCUT2D eigenvalue weighted by Gasteiger charge is -2.28. The fraction of sp³-hybridized carbons (Fsp3) is 0.385. The quantitative estimate of drug-likeness (QED) is 0.851. The summed E-state index contributed by atoms with van der Waals surface area (Å²) in [6.07, 6.45) is -5.50. The maximum Gasteiger partial charge on any atom is 0.430 e. The minimum Gasteiger partial charge on any atom is -0.496 e. The smallest absolute Gasteiger partial charge is 0.430 e. The summed E-state index contributed by atoms with van der Waals surface area (Å²) < 4.78 is 53.8. The van der Waals surface area contributed by atoms with E-state index in [2.05, 4.69) is 0 Å². The van der Waals surface area contributed by atoms with E-state index in [1.807, 2.05) is 0 Å². The molecule has 110 valence electrons. The average Bonchev–Trinajstić information content (AvgIpc) is 2.37. The van der Waals surface area contributed by atoms with E-state index in [1.54, 1.807) is 12.1 Å². The predicted octanol–water partition coefficient (Wildman–Crippen LogP) is 3.74. The molecule has 7 heteroatoms. The Balaban J connectivity index is 2.53. The Kier molecular flexibility index (Phi) is 4.15. The van der Waals surface area contributed by atoms with Crippen LogP contribution in [0.15, 0.2) is 17.2 Å². The van der Waals surface area contributed by atoms with Gasteiger partial charge in [0.25, 0.3) is 0 Å². The molecule has 1 aliphatic rings. The molecule has 0 saturated heterocycles. The summed E-state index contributed by atoms with van der Waals surface area (Å²) in [6, 6.07) is 3.22. The summed E-state index contributed by atoms with van der Waals surface area (Å²) in [5.74, 6) is 0.482. The minimum absolute atomic E-state index is 0.0718. The molecule has 1 aliphatic heterocycles. The summed E-state index contributed by atoms with van der Waals surface area (Å²) in [5, 5.41) is -0.404. The molecule has 0 bridgehead atoms. The molecular weight excluding hydrogens is 297 g/mol. The first-order chi connectivity index (χ1) is 9.38. The van der Waals surface area contributed by atoms with Gasteiger partial charge in [-0.05, 0) is 18.2 Å². The van der Waals surface area contributed by atoms with Gasteiger partial charge in [-0.15, -0.1) is 0 Å². The van der Waals surface area contributed by atoms with Gasteiger partial charge in [-0.25, -0.2) is 0 Å². The standard InChI is InChI=1S/C13H12ClF3O3/c1-18-6-8-10(19-2)4-3-7-5-9(14)12(13(15,16)17)20-11(7)8/h3-5,12H,6H2,1-2H3. The van der Waals surface area contributed by atoms with Crippen molar-refractivity contribution in [2.75, 3.05) is 14.2 Å². The van der Waals surface area contributed by atoms with Gasteiger partial charge >= 0.3 is 6.18 Å². The number of fused-ring (bicyclic) bond motifs is 1. The van der Waals surface area contributed by atoms with E-state index in [9.17, 15) is 13.2 Å². The highest BCUT2D eigenvalue weighted by Gasteiger charge is 2.46. The molecule has 2 rings (SSSR count). The summed E-state index contributed by atoms with van der Waals surface area (Å²) in [4.78, 5) is 0. The van der Waals surface area contributed by atoms with Crippen molar-refractivity contribution in [2.24, 2.45) is 0 Å². The van der Waals surface area contributed by atoms with Crippen LogP contribution in [-0.2, 0) is 11.3 Å². The summed E-state index contributed by atoms with van der Waals surface area (Å²) in [7, 11) is 2.86. The van der Waals surface area contributed by atoms with Crippen molar-refractivity contribution in [2.45, 2.75) is 18.9 Å². The Bertz CT molecular complexity index is 540. The number of methoxy groups -OCH3 is 2. The molecule has 0 fully saturated rings. The summed E-state index contributed by atoms with van der Waals surface area (Å²) in [6.45, 7) is 0.0718. The Hall–Kier alpha value is -1.40. The zero-order valence-corrected chi connectivity index (χ0v) is 11.5. The maximum absolute atomic E-state index is 12.9. The van der Waals surface area contributed by atoms with E-state index in [0.717, 1.165) is 0 Å². The highest BCUT2D eigenvalue weighted by molar-refractivity contribution is 6.32. The number of halogens is 4. The third-order valence-corrected chi connectivity index (χ3v) is 3.14. The number of benzene rings is 1. The average molecular weight is 309 g/mol. The van der Waals surface area contributed by atoms with Crippen molar-refractivity contribution < 1.29 is 27.4 Å². The topological polar surface area (TPSA) is 27.7 Å². The Morgan fingerprint density at radius 1 is 1.30 bits per heavy atom. The van der Waals surface area contributed by atoms with Crippen molar-refractivity contribution in [3.05, 3.63) is 28.3 Å². The van der Waals surface area contributed by atoms with Crippen LogP contribution in [0.4, 0.5) is 13.2 Å². The van der Waals surface area contributed by atoms with Crippen LogP contribution < -0.4 is 9.47 Å². The van der Waals surface area contributed by atoms with Gasteiger partial charge in [0.05, 0.1) is 24.3 Å². The molecule has 0 saturated carbocycles. The number of hydrogen-bond donors (Lipinski definition) is 0. The van der Waals surface area contributed by atoms with E-state index in [1.165, 1.54) is 20.3 Å². The zero-order valence-electron chi connectivity index (χ0n) is 10.8. The summed E-state index contributed by atoms with van der Waals surface area (Å²) >= 11 is 5.65. The van der Waals surface area contributed by atoms with Gasteiger partial charge in [-0.1, -0.05) is 11.6 Å². The van der Waals surface area contributed by atoms with Gasteiger partial charge in [0.1, 0.15) is 11.5 Å². The molecule has 0 amide bonds. The summed E-state index contributed by atoms with van der Waals surface area (Å²) in [5.41, 5.74) is 0.880. The Morgan fingerprint density at radius 3 is 2.55 bits per heavy atom. The fourth-order valence-corrected chi connectivity index (χ4v) is 2.26. The van der Waals surface area contributed by atoms with Crippen LogP contribution in [0.3, 0.4) is 0 Å². The van der Waals surface area contributed by atoms with Crippen LogP contribution >= 0.6 is 11.6 Å². The molecule has 1 heterocycles. The van der Waals surface area contributed by atoms with Crippen molar-refractivity contribution in [3.8, 4) is 11.5 Å². The highest BCUT2D eigenvalue weighted by atomic mass is 35.5. The second kappa shape index (κ2) is 5.54. The molecule has 0 N–H and O–H groups in total. The normalized spacial score (nSPS) is 18.1. The van der Waals surface area contributed by atoms with Crippen LogP contribution in [0.2, 0.25) is 0 Å². The number of rotatable bonds is 3. The maximum atomic E-state index is 12.9. The largest absolute Gasteiger partial charge is 0.496 e. The highest BCUT2D eigenvalue weighted by Crippen LogP contribution is 2.43. The van der Waals surface area contributed by atoms with Crippen molar-refractivity contribution >= 4 is 17.7 Å². The molecule has 3 nitrogen and oxygen atoms in total. The van der Waals surface area contributed by atoms with Gasteiger partial charge in [-0.2, -0.15) is 13.2 Å². The molecule has 0 spiro atoms. The first-order valence-electron chi connectivity index (χ1n) is 5.67. The minimum atomic E-state index is -4.58. The van der Waals surface area contributed by atoms with Crippen LogP contribution in [0.1, 0.15) is 11.1 Å². The van der Waals surface area contributed by atoms with Gasteiger partial charge < -0.3 is 14.2 Å². The molecule has 20 heavy (non-hydrogen) atoms. The predicted molar refractivity (Wildman–Crippen MR) is 68.0 cm³/mol. The van der Waals surface area contributed by atoms with E-state index in [4.69, 9.17) is 25.8 Å². The van der Waals surface area contributed by atoms with Crippen LogP contribution in [-0.4, -0.2) is 26.5 Å². The zero-order chi connectivity index (χ0) is 14.9. The molecule has 0 aromatic heterocycles. The monoisotopic (exact) mass is 308 g/mol. The van der Waals surface area contributed by atoms with Gasteiger partial charge in [0.2, 0.25) is 6.10 Å². The third-order valence-electron chi connectivity index (χ3n) is 2.83. The molecule has 1 aromatic carbocycles. The third kappa shape index (κ3) is 2.71. The second-order valence-electron chi connectivity index (χ2n) is 4.17. The molecule has 1 aromatic rings. The number of ether oxygens (including phenoxy) is 3. The van der Waals surface area contributed by atoms with Gasteiger partial charge in [0, 0.05) is 12.7 Å². The molecule has 0 radical (unpaired) electrons. The molecule has 1 atom stereocenters. The van der Waals surface area contributed by atoms with Crippen LogP contribution in [0.5, 0.6) is 11.5 Å². The first kappa shape index (κ1) is 15.0. The molecule has 0 aliphatic carbocycles. The number of hydrogen-bond acceptors (Lipinski definition) is 3. The SMILES string of the molecule is COCc1c(OC)ccc2c1OC(C(F)(F)F)C(Cl)=C2. The lowest BCUT2D eigenvalue weighted by atomic mass is 10.0. The van der Waals surface area contributed by atoms with E-state index in [0.29, 0.717) is 16.9 Å². The van der Waals surface area contributed by atoms with E-state index >= 15 is 0 Å². The van der Waals surface area contributed by atoms with Gasteiger partial charge in [0.15, 0.2) is 0 Å². The second-order valence-corrected chi connectivity index (χ2v) is 4.60. The van der Waals surface area contributed by atoms with Gasteiger partial charge in [-0.3, -0.25) is 0 Å². The first-order valence-corrected chi connectivity index (χ1v) is 6.05. The van der Waals surface area contributed by atoms with Crippen molar-refractivity contribution in [3.63, 3.8) is 0 Å². The lowest BCUT2D eigenvalue weighted by molar-refractivity contribution is -0.181. The Morgan fingerprint density at radius 2 is 2.00 bits per heavy atom. The van der Waals surface area contributed by atoms with Crippen molar-refractivity contribution in [1.82, 2.24) is 0 Å². The van der Waals surface area contributed by atoms with Crippen LogP contribution in [0.25, 0.3) is 6.08 Å². The van der Waals surface area contributed by atoms with E-state index < -0.39 is 17.3 Å².